The van der Waals surface area contributed by atoms with Crippen molar-refractivity contribution in [1.82, 2.24) is 14.8 Å². The molecule has 0 amide bonds. The standard InChI is InChI=1S/C15H18ClN3O/c1-15(2,20)9-19-14(11-3-4-11)17-13(18-19)10-5-7-12(16)8-6-10/h5-8,11,20H,3-4,9H2,1-2H3. The first-order valence-electron chi connectivity index (χ1n) is 6.85. The van der Waals surface area contributed by atoms with Crippen LogP contribution in [0, 0.1) is 0 Å². The van der Waals surface area contributed by atoms with Crippen molar-refractivity contribution in [2.24, 2.45) is 0 Å². The monoisotopic (exact) mass is 291 g/mol. The van der Waals surface area contributed by atoms with Crippen molar-refractivity contribution in [2.75, 3.05) is 0 Å². The molecule has 1 fully saturated rings. The highest BCUT2D eigenvalue weighted by atomic mass is 35.5. The largest absolute Gasteiger partial charge is 0.389 e. The molecule has 0 bridgehead atoms. The molecule has 1 aliphatic rings. The van der Waals surface area contributed by atoms with Gasteiger partial charge in [0.2, 0.25) is 0 Å². The maximum atomic E-state index is 10.0. The van der Waals surface area contributed by atoms with E-state index in [1.54, 1.807) is 13.8 Å². The molecule has 2 aromatic rings. The predicted molar refractivity (Wildman–Crippen MR) is 78.7 cm³/mol. The van der Waals surface area contributed by atoms with Crippen molar-refractivity contribution < 1.29 is 5.11 Å². The summed E-state index contributed by atoms with van der Waals surface area (Å²) in [5.74, 6) is 2.18. The highest BCUT2D eigenvalue weighted by molar-refractivity contribution is 6.30. The molecule has 1 saturated carbocycles. The van der Waals surface area contributed by atoms with E-state index in [0.717, 1.165) is 24.2 Å². The van der Waals surface area contributed by atoms with Crippen LogP contribution in [-0.4, -0.2) is 25.5 Å². The van der Waals surface area contributed by atoms with Gasteiger partial charge in [-0.3, -0.25) is 0 Å². The zero-order valence-corrected chi connectivity index (χ0v) is 12.4. The smallest absolute Gasteiger partial charge is 0.181 e. The van der Waals surface area contributed by atoms with Gasteiger partial charge >= 0.3 is 0 Å². The lowest BCUT2D eigenvalue weighted by Crippen LogP contribution is -2.27. The van der Waals surface area contributed by atoms with E-state index in [9.17, 15) is 5.11 Å². The van der Waals surface area contributed by atoms with Crippen LogP contribution < -0.4 is 0 Å². The fourth-order valence-corrected chi connectivity index (χ4v) is 2.33. The van der Waals surface area contributed by atoms with Gasteiger partial charge < -0.3 is 5.11 Å². The molecule has 1 aromatic heterocycles. The van der Waals surface area contributed by atoms with Crippen LogP contribution in [0.4, 0.5) is 0 Å². The fraction of sp³-hybridized carbons (Fsp3) is 0.467. The van der Waals surface area contributed by atoms with Crippen molar-refractivity contribution in [3.63, 3.8) is 0 Å². The van der Waals surface area contributed by atoms with Crippen molar-refractivity contribution in [1.29, 1.82) is 0 Å². The quantitative estimate of drug-likeness (QED) is 0.941. The zero-order chi connectivity index (χ0) is 14.3. The zero-order valence-electron chi connectivity index (χ0n) is 11.7. The van der Waals surface area contributed by atoms with Crippen LogP contribution >= 0.6 is 11.6 Å². The average Bonchev–Trinajstić information content (AvgIpc) is 3.11. The van der Waals surface area contributed by atoms with E-state index in [2.05, 4.69) is 10.1 Å². The number of nitrogens with zero attached hydrogens (tertiary/aromatic N) is 3. The summed E-state index contributed by atoms with van der Waals surface area (Å²) in [6.45, 7) is 4.03. The van der Waals surface area contributed by atoms with E-state index >= 15 is 0 Å². The van der Waals surface area contributed by atoms with Crippen molar-refractivity contribution in [2.45, 2.75) is 44.8 Å². The predicted octanol–water partition coefficient (Wildman–Crippen LogP) is 3.25. The van der Waals surface area contributed by atoms with Crippen LogP contribution in [0.15, 0.2) is 24.3 Å². The van der Waals surface area contributed by atoms with Gasteiger partial charge in [-0.2, -0.15) is 5.10 Å². The molecule has 0 saturated heterocycles. The summed E-state index contributed by atoms with van der Waals surface area (Å²) in [5.41, 5.74) is 0.153. The molecule has 1 N–H and O–H groups in total. The fourth-order valence-electron chi connectivity index (χ4n) is 2.20. The number of aliphatic hydroxyl groups is 1. The van der Waals surface area contributed by atoms with Crippen LogP contribution in [0.2, 0.25) is 5.02 Å². The van der Waals surface area contributed by atoms with E-state index in [4.69, 9.17) is 11.6 Å². The van der Waals surface area contributed by atoms with Crippen LogP contribution in [-0.2, 0) is 6.54 Å². The summed E-state index contributed by atoms with van der Waals surface area (Å²) in [5, 5.41) is 15.3. The molecule has 1 aromatic carbocycles. The van der Waals surface area contributed by atoms with Gasteiger partial charge in [-0.1, -0.05) is 11.6 Å². The van der Waals surface area contributed by atoms with Crippen LogP contribution in [0.25, 0.3) is 11.4 Å². The molecule has 106 valence electrons. The maximum absolute atomic E-state index is 10.0. The first kappa shape index (κ1) is 13.6. The van der Waals surface area contributed by atoms with Crippen molar-refractivity contribution >= 4 is 11.6 Å². The number of hydrogen-bond donors (Lipinski definition) is 1. The lowest BCUT2D eigenvalue weighted by atomic mass is 10.1. The second kappa shape index (κ2) is 4.86. The Morgan fingerprint density at radius 3 is 2.50 bits per heavy atom. The van der Waals surface area contributed by atoms with Crippen LogP contribution in [0.5, 0.6) is 0 Å². The summed E-state index contributed by atoms with van der Waals surface area (Å²) in [6, 6.07) is 7.51. The third-order valence-corrected chi connectivity index (χ3v) is 3.53. The number of aromatic nitrogens is 3. The molecule has 5 heteroatoms. The first-order valence-corrected chi connectivity index (χ1v) is 7.23. The molecule has 1 aliphatic carbocycles. The van der Waals surface area contributed by atoms with Gasteiger partial charge in [-0.15, -0.1) is 0 Å². The van der Waals surface area contributed by atoms with Crippen LogP contribution in [0.3, 0.4) is 0 Å². The van der Waals surface area contributed by atoms with Gasteiger partial charge in [0, 0.05) is 16.5 Å². The Kier molecular flexibility index (Phi) is 3.30. The van der Waals surface area contributed by atoms with Crippen molar-refractivity contribution in [3.8, 4) is 11.4 Å². The molecule has 4 nitrogen and oxygen atoms in total. The minimum absolute atomic E-state index is 0.458. The Morgan fingerprint density at radius 2 is 1.95 bits per heavy atom. The van der Waals surface area contributed by atoms with E-state index in [1.807, 2.05) is 28.9 Å². The molecule has 0 aliphatic heterocycles. The number of rotatable bonds is 4. The van der Waals surface area contributed by atoms with Gasteiger partial charge in [-0.25, -0.2) is 9.67 Å². The number of benzene rings is 1. The maximum Gasteiger partial charge on any atom is 0.181 e. The Bertz CT molecular complexity index is 609. The first-order chi connectivity index (χ1) is 9.42. The lowest BCUT2D eigenvalue weighted by Gasteiger charge is -2.17. The second-order valence-electron chi connectivity index (χ2n) is 6.04. The van der Waals surface area contributed by atoms with Gasteiger partial charge in [0.25, 0.3) is 0 Å². The van der Waals surface area contributed by atoms with E-state index < -0.39 is 5.60 Å². The molecular weight excluding hydrogens is 274 g/mol. The highest BCUT2D eigenvalue weighted by Gasteiger charge is 2.31. The molecule has 0 radical (unpaired) electrons. The second-order valence-corrected chi connectivity index (χ2v) is 6.48. The molecule has 3 rings (SSSR count). The summed E-state index contributed by atoms with van der Waals surface area (Å²) in [4.78, 5) is 4.65. The van der Waals surface area contributed by atoms with E-state index in [1.165, 1.54) is 0 Å². The summed E-state index contributed by atoms with van der Waals surface area (Å²) in [6.07, 6.45) is 2.31. The Labute approximate surface area is 123 Å². The van der Waals surface area contributed by atoms with Crippen LogP contribution in [0.1, 0.15) is 38.4 Å². The van der Waals surface area contributed by atoms with Crippen molar-refractivity contribution in [3.05, 3.63) is 35.1 Å². The summed E-state index contributed by atoms with van der Waals surface area (Å²) >= 11 is 5.90. The highest BCUT2D eigenvalue weighted by Crippen LogP contribution is 2.40. The Morgan fingerprint density at radius 1 is 1.30 bits per heavy atom. The third-order valence-electron chi connectivity index (χ3n) is 3.28. The number of halogens is 1. The Balaban J connectivity index is 1.96. The molecule has 0 unspecified atom stereocenters. The van der Waals surface area contributed by atoms with Gasteiger partial charge in [0.15, 0.2) is 5.82 Å². The minimum Gasteiger partial charge on any atom is -0.389 e. The third kappa shape index (κ3) is 3.02. The lowest BCUT2D eigenvalue weighted by molar-refractivity contribution is 0.0567. The molecule has 20 heavy (non-hydrogen) atoms. The summed E-state index contributed by atoms with van der Waals surface area (Å²) in [7, 11) is 0. The van der Waals surface area contributed by atoms with Gasteiger partial charge in [0.05, 0.1) is 12.1 Å². The molecule has 0 atom stereocenters. The Hall–Kier alpha value is -1.39. The van der Waals surface area contributed by atoms with Gasteiger partial charge in [0.1, 0.15) is 5.82 Å². The molecular formula is C15H18ClN3O. The topological polar surface area (TPSA) is 50.9 Å². The van der Waals surface area contributed by atoms with Gasteiger partial charge in [-0.05, 0) is 51.0 Å². The van der Waals surface area contributed by atoms with E-state index in [0.29, 0.717) is 23.3 Å². The molecule has 0 spiro atoms. The SMILES string of the molecule is CC(C)(O)Cn1nc(-c2ccc(Cl)cc2)nc1C1CC1. The normalized spacial score (nSPS) is 15.6. The molecule has 1 heterocycles. The number of hydrogen-bond acceptors (Lipinski definition) is 3. The minimum atomic E-state index is -0.797. The summed E-state index contributed by atoms with van der Waals surface area (Å²) < 4.78 is 1.85. The van der Waals surface area contributed by atoms with E-state index in [-0.39, 0.29) is 0 Å². The average molecular weight is 292 g/mol.